The third-order valence-electron chi connectivity index (χ3n) is 2.56. The average molecular weight is 247 g/mol. The lowest BCUT2D eigenvalue weighted by Gasteiger charge is -2.07. The summed E-state index contributed by atoms with van der Waals surface area (Å²) in [5.41, 5.74) is 7.42. The zero-order valence-electron chi connectivity index (χ0n) is 10.6. The molecule has 2 aromatic rings. The van der Waals surface area contributed by atoms with Crippen LogP contribution in [-0.2, 0) is 6.42 Å². The molecule has 0 atom stereocenters. The fourth-order valence-corrected chi connectivity index (χ4v) is 1.70. The molecule has 0 spiro atoms. The Kier molecular flexibility index (Phi) is 3.94. The Morgan fingerprint density at radius 3 is 2.89 bits per heavy atom. The minimum absolute atomic E-state index is 0.504. The van der Waals surface area contributed by atoms with Gasteiger partial charge in [0.15, 0.2) is 0 Å². The first-order chi connectivity index (χ1) is 8.74. The van der Waals surface area contributed by atoms with Gasteiger partial charge in [-0.05, 0) is 37.6 Å². The number of rotatable bonds is 5. The maximum Gasteiger partial charge on any atom is 0.228 e. The molecule has 1 aromatic carbocycles. The van der Waals surface area contributed by atoms with E-state index in [0.29, 0.717) is 31.3 Å². The van der Waals surface area contributed by atoms with E-state index in [1.54, 1.807) is 0 Å². The summed E-state index contributed by atoms with van der Waals surface area (Å²) in [6, 6.07) is 5.84. The first kappa shape index (κ1) is 12.6. The Bertz CT molecular complexity index is 523. The molecule has 2 rings (SSSR count). The monoisotopic (exact) mass is 247 g/mol. The van der Waals surface area contributed by atoms with Gasteiger partial charge in [0.1, 0.15) is 5.75 Å². The summed E-state index contributed by atoms with van der Waals surface area (Å²) in [6.07, 6.45) is 0.600. The van der Waals surface area contributed by atoms with Crippen molar-refractivity contribution in [3.8, 4) is 17.1 Å². The number of hydrogen-bond donors (Lipinski definition) is 1. The van der Waals surface area contributed by atoms with Crippen LogP contribution in [0, 0.1) is 6.92 Å². The van der Waals surface area contributed by atoms with Crippen molar-refractivity contribution >= 4 is 0 Å². The number of nitrogens with zero attached hydrogens (tertiary/aromatic N) is 2. The zero-order chi connectivity index (χ0) is 13.0. The van der Waals surface area contributed by atoms with Crippen LogP contribution in [0.4, 0.5) is 0 Å². The molecule has 18 heavy (non-hydrogen) atoms. The number of ether oxygens (including phenoxy) is 1. The third-order valence-corrected chi connectivity index (χ3v) is 2.56. The highest BCUT2D eigenvalue weighted by molar-refractivity contribution is 5.58. The lowest BCUT2D eigenvalue weighted by molar-refractivity contribution is 0.338. The highest BCUT2D eigenvalue weighted by atomic mass is 16.5. The maximum atomic E-state index is 5.49. The van der Waals surface area contributed by atoms with Crippen LogP contribution >= 0.6 is 0 Å². The fourth-order valence-electron chi connectivity index (χ4n) is 1.70. The van der Waals surface area contributed by atoms with Crippen LogP contribution < -0.4 is 10.5 Å². The van der Waals surface area contributed by atoms with E-state index < -0.39 is 0 Å². The van der Waals surface area contributed by atoms with Crippen LogP contribution in [0.5, 0.6) is 5.75 Å². The second kappa shape index (κ2) is 5.64. The quantitative estimate of drug-likeness (QED) is 0.874. The molecule has 0 bridgehead atoms. The van der Waals surface area contributed by atoms with Crippen molar-refractivity contribution in [2.24, 2.45) is 5.73 Å². The average Bonchev–Trinajstić information content (AvgIpc) is 2.81. The van der Waals surface area contributed by atoms with Gasteiger partial charge >= 0.3 is 0 Å². The van der Waals surface area contributed by atoms with Gasteiger partial charge in [-0.25, -0.2) is 0 Å². The standard InChI is InChI=1S/C13H17N3O2/c1-3-17-11-5-4-10(8-9(11)2)13-15-12(6-7-14)18-16-13/h4-5,8H,3,6-7,14H2,1-2H3. The van der Waals surface area contributed by atoms with Gasteiger partial charge in [0.25, 0.3) is 0 Å². The highest BCUT2D eigenvalue weighted by Crippen LogP contribution is 2.24. The van der Waals surface area contributed by atoms with E-state index in [2.05, 4.69) is 10.1 Å². The number of hydrogen-bond acceptors (Lipinski definition) is 5. The third kappa shape index (κ3) is 2.68. The van der Waals surface area contributed by atoms with Crippen LogP contribution in [-0.4, -0.2) is 23.3 Å². The fraction of sp³-hybridized carbons (Fsp3) is 0.385. The van der Waals surface area contributed by atoms with E-state index in [0.717, 1.165) is 16.9 Å². The molecule has 1 heterocycles. The van der Waals surface area contributed by atoms with Gasteiger partial charge in [-0.1, -0.05) is 5.16 Å². The molecule has 2 N–H and O–H groups in total. The van der Waals surface area contributed by atoms with Crippen LogP contribution in [0.2, 0.25) is 0 Å². The molecule has 0 aliphatic heterocycles. The predicted molar refractivity (Wildman–Crippen MR) is 68.4 cm³/mol. The molecule has 96 valence electrons. The summed E-state index contributed by atoms with van der Waals surface area (Å²) in [7, 11) is 0. The summed E-state index contributed by atoms with van der Waals surface area (Å²) in [6.45, 7) is 5.12. The van der Waals surface area contributed by atoms with Crippen molar-refractivity contribution < 1.29 is 9.26 Å². The minimum atomic E-state index is 0.504. The van der Waals surface area contributed by atoms with Gasteiger partial charge in [0.05, 0.1) is 6.61 Å². The minimum Gasteiger partial charge on any atom is -0.494 e. The Balaban J connectivity index is 2.24. The molecule has 1 aromatic heterocycles. The van der Waals surface area contributed by atoms with Crippen LogP contribution in [0.3, 0.4) is 0 Å². The summed E-state index contributed by atoms with van der Waals surface area (Å²) in [5, 5.41) is 3.94. The molecule has 0 aliphatic rings. The lowest BCUT2D eigenvalue weighted by Crippen LogP contribution is -2.02. The van der Waals surface area contributed by atoms with E-state index in [1.807, 2.05) is 32.0 Å². The van der Waals surface area contributed by atoms with E-state index in [9.17, 15) is 0 Å². The van der Waals surface area contributed by atoms with Crippen molar-refractivity contribution in [3.63, 3.8) is 0 Å². The van der Waals surface area contributed by atoms with Crippen molar-refractivity contribution in [1.82, 2.24) is 10.1 Å². The van der Waals surface area contributed by atoms with Crippen molar-refractivity contribution in [1.29, 1.82) is 0 Å². The largest absolute Gasteiger partial charge is 0.494 e. The SMILES string of the molecule is CCOc1ccc(-c2noc(CCN)n2)cc1C. The smallest absolute Gasteiger partial charge is 0.228 e. The Morgan fingerprint density at radius 1 is 1.39 bits per heavy atom. The molecule has 0 saturated carbocycles. The van der Waals surface area contributed by atoms with Gasteiger partial charge in [-0.3, -0.25) is 0 Å². The van der Waals surface area contributed by atoms with E-state index in [4.69, 9.17) is 15.0 Å². The molecule has 0 amide bonds. The number of aromatic nitrogens is 2. The molecule has 0 radical (unpaired) electrons. The molecule has 0 aliphatic carbocycles. The van der Waals surface area contributed by atoms with Crippen molar-refractivity contribution in [3.05, 3.63) is 29.7 Å². The van der Waals surface area contributed by atoms with E-state index in [-0.39, 0.29) is 0 Å². The topological polar surface area (TPSA) is 74.2 Å². The number of aryl methyl sites for hydroxylation is 1. The Morgan fingerprint density at radius 2 is 2.22 bits per heavy atom. The van der Waals surface area contributed by atoms with Gasteiger partial charge < -0.3 is 15.0 Å². The van der Waals surface area contributed by atoms with Gasteiger partial charge in [-0.2, -0.15) is 4.98 Å². The summed E-state index contributed by atoms with van der Waals surface area (Å²) in [4.78, 5) is 4.29. The molecule has 0 fully saturated rings. The van der Waals surface area contributed by atoms with E-state index >= 15 is 0 Å². The molecule has 5 nitrogen and oxygen atoms in total. The van der Waals surface area contributed by atoms with Crippen LogP contribution in [0.25, 0.3) is 11.4 Å². The normalized spacial score (nSPS) is 10.6. The predicted octanol–water partition coefficient (Wildman–Crippen LogP) is 1.94. The summed E-state index contributed by atoms with van der Waals surface area (Å²) in [5.74, 6) is 2.04. The molecule has 0 unspecified atom stereocenters. The second-order valence-corrected chi connectivity index (χ2v) is 3.96. The van der Waals surface area contributed by atoms with Gasteiger partial charge in [-0.15, -0.1) is 0 Å². The van der Waals surface area contributed by atoms with Gasteiger partial charge in [0.2, 0.25) is 11.7 Å². The Labute approximate surface area is 106 Å². The van der Waals surface area contributed by atoms with E-state index in [1.165, 1.54) is 0 Å². The first-order valence-corrected chi connectivity index (χ1v) is 6.01. The van der Waals surface area contributed by atoms with Crippen molar-refractivity contribution in [2.75, 3.05) is 13.2 Å². The molecule has 5 heteroatoms. The number of benzene rings is 1. The highest BCUT2D eigenvalue weighted by Gasteiger charge is 2.09. The zero-order valence-corrected chi connectivity index (χ0v) is 10.6. The first-order valence-electron chi connectivity index (χ1n) is 6.01. The summed E-state index contributed by atoms with van der Waals surface area (Å²) < 4.78 is 10.6. The summed E-state index contributed by atoms with van der Waals surface area (Å²) >= 11 is 0. The van der Waals surface area contributed by atoms with Crippen LogP contribution in [0.1, 0.15) is 18.4 Å². The van der Waals surface area contributed by atoms with Crippen molar-refractivity contribution in [2.45, 2.75) is 20.3 Å². The molecular formula is C13H17N3O2. The van der Waals surface area contributed by atoms with Gasteiger partial charge in [0, 0.05) is 18.5 Å². The molecular weight excluding hydrogens is 230 g/mol. The van der Waals surface area contributed by atoms with Crippen LogP contribution in [0.15, 0.2) is 22.7 Å². The second-order valence-electron chi connectivity index (χ2n) is 3.96. The lowest BCUT2D eigenvalue weighted by atomic mass is 10.1. The maximum absolute atomic E-state index is 5.49. The Hall–Kier alpha value is -1.88. The number of nitrogens with two attached hydrogens (primary N) is 1. The molecule has 0 saturated heterocycles.